The normalized spacial score (nSPS) is 11.4. The van der Waals surface area contributed by atoms with Gasteiger partial charge in [-0.15, -0.1) is 0 Å². The molecule has 31 heavy (non-hydrogen) atoms. The molecule has 0 spiro atoms. The SMILES string of the molecule is COc1ccc(C)cc1CCCCc1ccc(S(=O)(=O)O)c(-c2ccccc2OC)c1. The highest BCUT2D eigenvalue weighted by Gasteiger charge is 2.19. The highest BCUT2D eigenvalue weighted by molar-refractivity contribution is 7.86. The molecule has 0 amide bonds. The number of hydrogen-bond donors (Lipinski definition) is 1. The molecule has 0 heterocycles. The molecule has 0 aliphatic heterocycles. The summed E-state index contributed by atoms with van der Waals surface area (Å²) in [6.07, 6.45) is 3.62. The Bertz CT molecular complexity index is 1150. The third-order valence-corrected chi connectivity index (χ3v) is 6.23. The van der Waals surface area contributed by atoms with Crippen LogP contribution in [0.15, 0.2) is 65.6 Å². The van der Waals surface area contributed by atoms with Crippen LogP contribution in [0.2, 0.25) is 0 Å². The fourth-order valence-electron chi connectivity index (χ4n) is 3.78. The highest BCUT2D eigenvalue weighted by atomic mass is 32.2. The van der Waals surface area contributed by atoms with Gasteiger partial charge in [0.15, 0.2) is 0 Å². The molecule has 3 aromatic rings. The van der Waals surface area contributed by atoms with Crippen molar-refractivity contribution in [3.05, 3.63) is 77.4 Å². The van der Waals surface area contributed by atoms with Crippen molar-refractivity contribution in [2.75, 3.05) is 14.2 Å². The molecule has 0 atom stereocenters. The predicted octanol–water partition coefficient (Wildman–Crippen LogP) is 5.49. The zero-order valence-corrected chi connectivity index (χ0v) is 18.9. The summed E-state index contributed by atoms with van der Waals surface area (Å²) in [4.78, 5) is -0.120. The van der Waals surface area contributed by atoms with Gasteiger partial charge in [-0.1, -0.05) is 42.0 Å². The Morgan fingerprint density at radius 1 is 0.806 bits per heavy atom. The van der Waals surface area contributed by atoms with Crippen LogP contribution in [-0.4, -0.2) is 27.2 Å². The van der Waals surface area contributed by atoms with Crippen molar-refractivity contribution in [3.8, 4) is 22.6 Å². The van der Waals surface area contributed by atoms with Gasteiger partial charge in [-0.2, -0.15) is 8.42 Å². The molecule has 164 valence electrons. The van der Waals surface area contributed by atoms with Crippen LogP contribution in [-0.2, 0) is 23.0 Å². The fraction of sp³-hybridized carbons (Fsp3) is 0.280. The lowest BCUT2D eigenvalue weighted by Crippen LogP contribution is -2.03. The molecule has 3 rings (SSSR count). The van der Waals surface area contributed by atoms with Crippen LogP contribution in [0.1, 0.15) is 29.5 Å². The van der Waals surface area contributed by atoms with Gasteiger partial charge in [-0.3, -0.25) is 4.55 Å². The van der Waals surface area contributed by atoms with Crippen molar-refractivity contribution < 1.29 is 22.4 Å². The van der Waals surface area contributed by atoms with Gasteiger partial charge >= 0.3 is 0 Å². The van der Waals surface area contributed by atoms with E-state index < -0.39 is 10.1 Å². The van der Waals surface area contributed by atoms with E-state index in [-0.39, 0.29) is 4.90 Å². The molecule has 0 aliphatic rings. The second-order valence-electron chi connectivity index (χ2n) is 7.53. The van der Waals surface area contributed by atoms with Crippen molar-refractivity contribution >= 4 is 10.1 Å². The minimum Gasteiger partial charge on any atom is -0.496 e. The minimum atomic E-state index is -4.37. The van der Waals surface area contributed by atoms with E-state index in [0.29, 0.717) is 16.9 Å². The number of rotatable bonds is 9. The van der Waals surface area contributed by atoms with Crippen LogP contribution >= 0.6 is 0 Å². The zero-order chi connectivity index (χ0) is 22.4. The molecule has 6 heteroatoms. The van der Waals surface area contributed by atoms with Crippen LogP contribution in [0.3, 0.4) is 0 Å². The molecule has 1 N–H and O–H groups in total. The molecular weight excluding hydrogens is 412 g/mol. The van der Waals surface area contributed by atoms with E-state index in [2.05, 4.69) is 13.0 Å². The standard InChI is InChI=1S/C25H28O5S/c1-18-12-14-23(29-2)20(16-18)9-5-4-8-19-13-15-25(31(26,27)28)22(17-19)21-10-6-7-11-24(21)30-3/h6-7,10-17H,4-5,8-9H2,1-3H3,(H,26,27,28). The van der Waals surface area contributed by atoms with E-state index in [1.807, 2.05) is 30.3 Å². The van der Waals surface area contributed by atoms with Crippen molar-refractivity contribution in [2.45, 2.75) is 37.5 Å². The Labute approximate surface area is 184 Å². The van der Waals surface area contributed by atoms with Gasteiger partial charge in [0.25, 0.3) is 10.1 Å². The van der Waals surface area contributed by atoms with E-state index in [4.69, 9.17) is 9.47 Å². The minimum absolute atomic E-state index is 0.120. The Hall–Kier alpha value is -2.83. The molecule has 0 saturated carbocycles. The number of ether oxygens (including phenoxy) is 2. The lowest BCUT2D eigenvalue weighted by atomic mass is 9.98. The summed E-state index contributed by atoms with van der Waals surface area (Å²) in [6, 6.07) is 18.4. The molecule has 5 nitrogen and oxygen atoms in total. The number of unbranched alkanes of at least 4 members (excludes halogenated alkanes) is 1. The van der Waals surface area contributed by atoms with Crippen molar-refractivity contribution in [3.63, 3.8) is 0 Å². The maximum atomic E-state index is 11.9. The Morgan fingerprint density at radius 2 is 1.52 bits per heavy atom. The summed E-state index contributed by atoms with van der Waals surface area (Å²) in [5.41, 5.74) is 4.48. The number of hydrogen-bond acceptors (Lipinski definition) is 4. The molecule has 0 bridgehead atoms. The Morgan fingerprint density at radius 3 is 2.23 bits per heavy atom. The first-order valence-electron chi connectivity index (χ1n) is 10.2. The van der Waals surface area contributed by atoms with Crippen LogP contribution < -0.4 is 9.47 Å². The molecule has 0 unspecified atom stereocenters. The summed E-state index contributed by atoms with van der Waals surface area (Å²) >= 11 is 0. The van der Waals surface area contributed by atoms with Crippen LogP contribution in [0.5, 0.6) is 11.5 Å². The van der Waals surface area contributed by atoms with Crippen molar-refractivity contribution in [1.29, 1.82) is 0 Å². The van der Waals surface area contributed by atoms with Crippen molar-refractivity contribution in [1.82, 2.24) is 0 Å². The molecule has 3 aromatic carbocycles. The first-order valence-corrected chi connectivity index (χ1v) is 11.6. The van der Waals surface area contributed by atoms with E-state index in [0.717, 1.165) is 37.0 Å². The van der Waals surface area contributed by atoms with Crippen molar-refractivity contribution in [2.24, 2.45) is 0 Å². The second-order valence-corrected chi connectivity index (χ2v) is 8.92. The topological polar surface area (TPSA) is 72.8 Å². The van der Waals surface area contributed by atoms with Gasteiger partial charge in [0.2, 0.25) is 0 Å². The first-order chi connectivity index (χ1) is 14.8. The fourth-order valence-corrected chi connectivity index (χ4v) is 4.47. The van der Waals surface area contributed by atoms with Crippen LogP contribution in [0.25, 0.3) is 11.1 Å². The average molecular weight is 441 g/mol. The predicted molar refractivity (Wildman–Crippen MR) is 123 cm³/mol. The van der Waals surface area contributed by atoms with E-state index >= 15 is 0 Å². The van der Waals surface area contributed by atoms with Gasteiger partial charge in [0, 0.05) is 11.1 Å². The second kappa shape index (κ2) is 9.98. The first kappa shape index (κ1) is 22.8. The quantitative estimate of drug-likeness (QED) is 0.352. The number of methoxy groups -OCH3 is 2. The maximum Gasteiger partial charge on any atom is 0.295 e. The number of para-hydroxylation sites is 1. The molecule has 0 saturated heterocycles. The third kappa shape index (κ3) is 5.66. The summed E-state index contributed by atoms with van der Waals surface area (Å²) in [5.74, 6) is 1.46. The summed E-state index contributed by atoms with van der Waals surface area (Å²) in [5, 5.41) is 0. The lowest BCUT2D eigenvalue weighted by Gasteiger charge is -2.14. The van der Waals surface area contributed by atoms with Gasteiger partial charge < -0.3 is 9.47 Å². The van der Waals surface area contributed by atoms with Crippen LogP contribution in [0.4, 0.5) is 0 Å². The van der Waals surface area contributed by atoms with Gasteiger partial charge in [0.1, 0.15) is 16.4 Å². The Balaban J connectivity index is 1.80. The summed E-state index contributed by atoms with van der Waals surface area (Å²) in [6.45, 7) is 2.07. The maximum absolute atomic E-state index is 11.9. The molecule has 0 aliphatic carbocycles. The number of aryl methyl sites for hydroxylation is 3. The largest absolute Gasteiger partial charge is 0.496 e. The molecular formula is C25H28O5S. The van der Waals surface area contributed by atoms with Gasteiger partial charge in [-0.25, -0.2) is 0 Å². The molecule has 0 aromatic heterocycles. The highest BCUT2D eigenvalue weighted by Crippen LogP contribution is 2.35. The summed E-state index contributed by atoms with van der Waals surface area (Å²) < 4.78 is 44.5. The Kier molecular flexibility index (Phi) is 7.36. The van der Waals surface area contributed by atoms with Gasteiger partial charge in [-0.05, 0) is 68.0 Å². The number of benzene rings is 3. The summed E-state index contributed by atoms with van der Waals surface area (Å²) in [7, 11) is -1.14. The average Bonchev–Trinajstić information content (AvgIpc) is 2.76. The van der Waals surface area contributed by atoms with Crippen LogP contribution in [0, 0.1) is 6.92 Å². The van der Waals surface area contributed by atoms with E-state index in [9.17, 15) is 13.0 Å². The zero-order valence-electron chi connectivity index (χ0n) is 18.1. The smallest absolute Gasteiger partial charge is 0.295 e. The lowest BCUT2D eigenvalue weighted by molar-refractivity contribution is 0.409. The monoisotopic (exact) mass is 440 g/mol. The molecule has 0 fully saturated rings. The molecule has 0 radical (unpaired) electrons. The third-order valence-electron chi connectivity index (χ3n) is 5.32. The van der Waals surface area contributed by atoms with E-state index in [1.165, 1.54) is 24.3 Å². The van der Waals surface area contributed by atoms with Gasteiger partial charge in [0.05, 0.1) is 14.2 Å². The van der Waals surface area contributed by atoms with E-state index in [1.54, 1.807) is 25.3 Å².